The van der Waals surface area contributed by atoms with Gasteiger partial charge in [0.05, 0.1) is 0 Å². The Morgan fingerprint density at radius 1 is 1.35 bits per heavy atom. The van der Waals surface area contributed by atoms with Gasteiger partial charge in [0.1, 0.15) is 0 Å². The van der Waals surface area contributed by atoms with Crippen LogP contribution in [0.4, 0.5) is 0 Å². The van der Waals surface area contributed by atoms with E-state index in [1.165, 1.54) is 0 Å². The first kappa shape index (κ1) is 14.8. The minimum atomic E-state index is 0.134. The van der Waals surface area contributed by atoms with Crippen LogP contribution in [0, 0.1) is 0 Å². The van der Waals surface area contributed by atoms with Crippen molar-refractivity contribution in [1.29, 1.82) is 0 Å². The van der Waals surface area contributed by atoms with Crippen LogP contribution in [0.25, 0.3) is 0 Å². The van der Waals surface area contributed by atoms with Crippen LogP contribution < -0.4 is 5.73 Å². The van der Waals surface area contributed by atoms with Gasteiger partial charge in [-0.05, 0) is 38.1 Å². The first-order chi connectivity index (χ1) is 8.01. The van der Waals surface area contributed by atoms with Gasteiger partial charge in [-0.25, -0.2) is 0 Å². The summed E-state index contributed by atoms with van der Waals surface area (Å²) < 4.78 is 0. The van der Waals surface area contributed by atoms with E-state index < -0.39 is 0 Å². The lowest BCUT2D eigenvalue weighted by molar-refractivity contribution is 0.185. The predicted molar refractivity (Wildman–Crippen MR) is 75.8 cm³/mol. The van der Waals surface area contributed by atoms with Crippen LogP contribution in [0.3, 0.4) is 0 Å². The zero-order valence-electron chi connectivity index (χ0n) is 10.6. The van der Waals surface area contributed by atoms with Gasteiger partial charge < -0.3 is 5.73 Å². The highest BCUT2D eigenvalue weighted by molar-refractivity contribution is 6.35. The molecule has 4 heteroatoms. The van der Waals surface area contributed by atoms with E-state index in [-0.39, 0.29) is 6.04 Å². The zero-order chi connectivity index (χ0) is 13.0. The number of nitrogens with two attached hydrogens (primary N) is 1. The van der Waals surface area contributed by atoms with Crippen molar-refractivity contribution in [3.63, 3.8) is 0 Å². The molecular weight excluding hydrogens is 255 g/mol. The SMILES string of the molecule is CCC(C)N(C)C(CN)c1ccc(Cl)cc1Cl. The Balaban J connectivity index is 3.01. The number of likely N-dealkylation sites (N-methyl/N-ethyl adjacent to an activating group) is 1. The smallest absolute Gasteiger partial charge is 0.0484 e. The van der Waals surface area contributed by atoms with Gasteiger partial charge >= 0.3 is 0 Å². The largest absolute Gasteiger partial charge is 0.329 e. The standard InChI is InChI=1S/C13H20Cl2N2/c1-4-9(2)17(3)13(8-16)11-6-5-10(14)7-12(11)15/h5-7,9,13H,4,8,16H2,1-3H3. The van der Waals surface area contributed by atoms with Gasteiger partial charge in [-0.3, -0.25) is 4.90 Å². The Hall–Kier alpha value is -0.280. The van der Waals surface area contributed by atoms with Crippen molar-refractivity contribution in [2.45, 2.75) is 32.4 Å². The molecule has 0 amide bonds. The van der Waals surface area contributed by atoms with Gasteiger partial charge in [0.2, 0.25) is 0 Å². The first-order valence-corrected chi connectivity index (χ1v) is 6.63. The number of benzene rings is 1. The number of hydrogen-bond acceptors (Lipinski definition) is 2. The molecule has 0 aliphatic carbocycles. The topological polar surface area (TPSA) is 29.3 Å². The minimum absolute atomic E-state index is 0.134. The van der Waals surface area contributed by atoms with E-state index in [0.29, 0.717) is 22.6 Å². The maximum absolute atomic E-state index is 6.23. The van der Waals surface area contributed by atoms with Gasteiger partial charge in [0.25, 0.3) is 0 Å². The fourth-order valence-corrected chi connectivity index (χ4v) is 2.41. The molecule has 96 valence electrons. The molecule has 1 aromatic carbocycles. The Morgan fingerprint density at radius 3 is 2.47 bits per heavy atom. The average molecular weight is 275 g/mol. The van der Waals surface area contributed by atoms with Crippen LogP contribution in [0.2, 0.25) is 10.0 Å². The Bertz CT molecular complexity index is 368. The van der Waals surface area contributed by atoms with Crippen molar-refractivity contribution in [2.75, 3.05) is 13.6 Å². The molecule has 2 unspecified atom stereocenters. The predicted octanol–water partition coefficient (Wildman–Crippen LogP) is 3.72. The number of hydrogen-bond donors (Lipinski definition) is 1. The van der Waals surface area contributed by atoms with Gasteiger partial charge in [-0.2, -0.15) is 0 Å². The van der Waals surface area contributed by atoms with Crippen LogP contribution in [0.1, 0.15) is 31.9 Å². The summed E-state index contributed by atoms with van der Waals surface area (Å²) in [6.45, 7) is 4.90. The summed E-state index contributed by atoms with van der Waals surface area (Å²) in [6, 6.07) is 6.19. The quantitative estimate of drug-likeness (QED) is 0.887. The third-order valence-corrected chi connectivity index (χ3v) is 3.88. The Morgan fingerprint density at radius 2 is 2.00 bits per heavy atom. The molecule has 0 radical (unpaired) electrons. The number of nitrogens with zero attached hydrogens (tertiary/aromatic N) is 1. The Labute approximate surface area is 114 Å². The van der Waals surface area contributed by atoms with Crippen LogP contribution in [-0.2, 0) is 0 Å². The van der Waals surface area contributed by atoms with E-state index >= 15 is 0 Å². The van der Waals surface area contributed by atoms with Crippen molar-refractivity contribution in [3.05, 3.63) is 33.8 Å². The van der Waals surface area contributed by atoms with E-state index in [4.69, 9.17) is 28.9 Å². The average Bonchev–Trinajstić information content (AvgIpc) is 2.31. The lowest BCUT2D eigenvalue weighted by atomic mass is 10.0. The molecule has 0 heterocycles. The second-order valence-electron chi connectivity index (χ2n) is 4.34. The third kappa shape index (κ3) is 3.59. The summed E-state index contributed by atoms with van der Waals surface area (Å²) >= 11 is 12.1. The van der Waals surface area contributed by atoms with Crippen molar-refractivity contribution in [3.8, 4) is 0 Å². The summed E-state index contributed by atoms with van der Waals surface area (Å²) in [5, 5.41) is 1.34. The zero-order valence-corrected chi connectivity index (χ0v) is 12.1. The molecule has 1 rings (SSSR count). The van der Waals surface area contributed by atoms with Crippen molar-refractivity contribution in [1.82, 2.24) is 4.90 Å². The molecule has 0 saturated carbocycles. The number of rotatable bonds is 5. The molecule has 0 aliphatic heterocycles. The van der Waals surface area contributed by atoms with Crippen molar-refractivity contribution in [2.24, 2.45) is 5.73 Å². The highest BCUT2D eigenvalue weighted by Gasteiger charge is 2.21. The van der Waals surface area contributed by atoms with Crippen LogP contribution >= 0.6 is 23.2 Å². The fourth-order valence-electron chi connectivity index (χ4n) is 1.88. The van der Waals surface area contributed by atoms with Crippen molar-refractivity contribution < 1.29 is 0 Å². The molecule has 2 N–H and O–H groups in total. The molecule has 0 spiro atoms. The highest BCUT2D eigenvalue weighted by atomic mass is 35.5. The fraction of sp³-hybridized carbons (Fsp3) is 0.538. The molecule has 0 saturated heterocycles. The molecule has 1 aromatic rings. The summed E-state index contributed by atoms with van der Waals surface area (Å²) in [7, 11) is 2.08. The van der Waals surface area contributed by atoms with E-state index in [1.807, 2.05) is 12.1 Å². The van der Waals surface area contributed by atoms with E-state index in [2.05, 4.69) is 25.8 Å². The maximum Gasteiger partial charge on any atom is 0.0484 e. The third-order valence-electron chi connectivity index (χ3n) is 3.32. The van der Waals surface area contributed by atoms with Crippen LogP contribution in [0.5, 0.6) is 0 Å². The summed E-state index contributed by atoms with van der Waals surface area (Å²) in [5.74, 6) is 0. The minimum Gasteiger partial charge on any atom is -0.329 e. The molecule has 0 fully saturated rings. The lowest BCUT2D eigenvalue weighted by Crippen LogP contribution is -2.36. The van der Waals surface area contributed by atoms with E-state index in [9.17, 15) is 0 Å². The molecule has 2 atom stereocenters. The molecule has 2 nitrogen and oxygen atoms in total. The molecular formula is C13H20Cl2N2. The summed E-state index contributed by atoms with van der Waals surface area (Å²) in [4.78, 5) is 2.26. The molecule has 17 heavy (non-hydrogen) atoms. The van der Waals surface area contributed by atoms with E-state index in [1.54, 1.807) is 6.07 Å². The van der Waals surface area contributed by atoms with Gasteiger partial charge in [0.15, 0.2) is 0 Å². The molecule has 0 bridgehead atoms. The van der Waals surface area contributed by atoms with E-state index in [0.717, 1.165) is 12.0 Å². The van der Waals surface area contributed by atoms with Crippen molar-refractivity contribution >= 4 is 23.2 Å². The molecule has 0 aliphatic rings. The van der Waals surface area contributed by atoms with Crippen LogP contribution in [-0.4, -0.2) is 24.5 Å². The van der Waals surface area contributed by atoms with Gasteiger partial charge in [-0.15, -0.1) is 0 Å². The van der Waals surface area contributed by atoms with Gasteiger partial charge in [0, 0.05) is 28.7 Å². The Kier molecular flexibility index (Phi) is 5.74. The molecule has 0 aromatic heterocycles. The first-order valence-electron chi connectivity index (χ1n) is 5.88. The summed E-state index contributed by atoms with van der Waals surface area (Å²) in [6.07, 6.45) is 1.08. The second kappa shape index (κ2) is 6.60. The second-order valence-corrected chi connectivity index (χ2v) is 5.18. The lowest BCUT2D eigenvalue weighted by Gasteiger charge is -2.32. The number of halogens is 2. The van der Waals surface area contributed by atoms with Gasteiger partial charge in [-0.1, -0.05) is 36.2 Å². The normalized spacial score (nSPS) is 15.0. The highest BCUT2D eigenvalue weighted by Crippen LogP contribution is 2.30. The summed E-state index contributed by atoms with van der Waals surface area (Å²) in [5.41, 5.74) is 6.91. The monoisotopic (exact) mass is 274 g/mol. The van der Waals surface area contributed by atoms with Crippen LogP contribution in [0.15, 0.2) is 18.2 Å². The maximum atomic E-state index is 6.23.